The van der Waals surface area contributed by atoms with E-state index < -0.39 is 0 Å². The third kappa shape index (κ3) is 1.63. The Morgan fingerprint density at radius 2 is 2.00 bits per heavy atom. The van der Waals surface area contributed by atoms with E-state index in [9.17, 15) is 0 Å². The monoisotopic (exact) mass is 221 g/mol. The Balaban J connectivity index is 2.36. The van der Waals surface area contributed by atoms with Crippen LogP contribution in [-0.2, 0) is 0 Å². The molecule has 16 heavy (non-hydrogen) atoms. The van der Waals surface area contributed by atoms with Crippen LogP contribution in [0.3, 0.4) is 0 Å². The normalized spacial score (nSPS) is 42.4. The summed E-state index contributed by atoms with van der Waals surface area (Å²) in [6.07, 6.45) is 5.39. The Kier molecular flexibility index (Phi) is 2.93. The summed E-state index contributed by atoms with van der Waals surface area (Å²) < 4.78 is 0. The number of hydrogen-bond acceptors (Lipinski definition) is 1. The van der Waals surface area contributed by atoms with Gasteiger partial charge in [0.1, 0.15) is 7.85 Å². The zero-order chi connectivity index (χ0) is 11.9. The van der Waals surface area contributed by atoms with E-state index in [4.69, 9.17) is 0 Å². The molecule has 3 nitrogen and oxygen atoms in total. The number of likely N-dealkylation sites (N-methyl/N-ethyl adjacent to an activating group) is 2. The molecule has 0 amide bonds. The molecule has 0 aromatic heterocycles. The molecule has 0 aromatic carbocycles. The van der Waals surface area contributed by atoms with Crippen molar-refractivity contribution in [3.63, 3.8) is 0 Å². The van der Waals surface area contributed by atoms with Gasteiger partial charge in [0.15, 0.2) is 5.96 Å². The Morgan fingerprint density at radius 3 is 2.62 bits per heavy atom. The van der Waals surface area contributed by atoms with Crippen LogP contribution >= 0.6 is 0 Å². The third-order valence-corrected chi connectivity index (χ3v) is 4.48. The second-order valence-electron chi connectivity index (χ2n) is 5.99. The van der Waals surface area contributed by atoms with E-state index >= 15 is 0 Å². The molecule has 0 N–H and O–H groups in total. The highest BCUT2D eigenvalue weighted by Gasteiger charge is 2.48. The van der Waals surface area contributed by atoms with Crippen LogP contribution in [0.4, 0.5) is 0 Å². The minimum atomic E-state index is 0.399. The van der Waals surface area contributed by atoms with Gasteiger partial charge in [0.25, 0.3) is 0 Å². The molecule has 3 unspecified atom stereocenters. The number of aliphatic imine (C=N–C) groups is 1. The van der Waals surface area contributed by atoms with Gasteiger partial charge >= 0.3 is 0 Å². The third-order valence-electron chi connectivity index (χ3n) is 4.48. The molecule has 3 atom stereocenters. The predicted molar refractivity (Wildman–Crippen MR) is 71.8 cm³/mol. The van der Waals surface area contributed by atoms with Crippen molar-refractivity contribution in [3.05, 3.63) is 0 Å². The number of rotatable bonds is 0. The number of hydrogen-bond donors (Lipinski definition) is 0. The van der Waals surface area contributed by atoms with E-state index in [1.165, 1.54) is 25.7 Å². The maximum Gasteiger partial charge on any atom is 0.196 e. The lowest BCUT2D eigenvalue weighted by atomic mass is 9.61. The molecule has 2 rings (SSSR count). The van der Waals surface area contributed by atoms with Gasteiger partial charge in [-0.05, 0) is 11.7 Å². The Morgan fingerprint density at radius 1 is 1.31 bits per heavy atom. The van der Waals surface area contributed by atoms with E-state index in [-0.39, 0.29) is 0 Å². The quantitative estimate of drug-likeness (QED) is 0.568. The Labute approximate surface area is 100 Å². The average Bonchev–Trinajstić information content (AvgIpc) is 2.36. The fraction of sp³-hybridized carbons (Fsp3) is 0.917. The minimum absolute atomic E-state index is 0.399. The van der Waals surface area contributed by atoms with Gasteiger partial charge in [0, 0.05) is 21.1 Å². The predicted octanol–water partition coefficient (Wildman–Crippen LogP) is 0.972. The fourth-order valence-corrected chi connectivity index (χ4v) is 3.79. The van der Waals surface area contributed by atoms with Crippen LogP contribution < -0.4 is 0 Å². The molecule has 0 spiro atoms. The van der Waals surface area contributed by atoms with Gasteiger partial charge in [-0.1, -0.05) is 26.2 Å². The molecule has 1 aliphatic carbocycles. The molecule has 90 valence electrons. The zero-order valence-electron chi connectivity index (χ0n) is 11.3. The van der Waals surface area contributed by atoms with Gasteiger partial charge in [0.05, 0.1) is 12.1 Å². The van der Waals surface area contributed by atoms with E-state index in [1.54, 1.807) is 0 Å². The van der Waals surface area contributed by atoms with Crippen molar-refractivity contribution >= 4 is 13.8 Å². The van der Waals surface area contributed by atoms with Gasteiger partial charge in [-0.2, -0.15) is 0 Å². The van der Waals surface area contributed by atoms with Gasteiger partial charge in [-0.25, -0.2) is 0 Å². The van der Waals surface area contributed by atoms with Crippen LogP contribution in [0.25, 0.3) is 0 Å². The summed E-state index contributed by atoms with van der Waals surface area (Å²) in [4.78, 5) is 9.22. The first-order chi connectivity index (χ1) is 7.49. The van der Waals surface area contributed by atoms with Crippen LogP contribution in [-0.4, -0.2) is 56.8 Å². The van der Waals surface area contributed by atoms with Crippen molar-refractivity contribution in [2.24, 2.45) is 4.99 Å². The standard InChI is InChI=1S/C12H24BN3/c1-12(13)8-6-5-7-9-10(12)16(4)11(14-2)15(9)3/h9-10H,5-8,13H2,1-4H3/b14-11+. The molecule has 0 radical (unpaired) electrons. The molecule has 1 aliphatic heterocycles. The van der Waals surface area contributed by atoms with Crippen molar-refractivity contribution in [2.75, 3.05) is 21.1 Å². The molecule has 2 aliphatic rings. The fourth-order valence-electron chi connectivity index (χ4n) is 3.79. The summed E-state index contributed by atoms with van der Waals surface area (Å²) in [5.41, 5.74) is 0. The van der Waals surface area contributed by atoms with Gasteiger partial charge in [-0.3, -0.25) is 4.99 Å². The maximum absolute atomic E-state index is 4.44. The molecule has 0 aromatic rings. The molecule has 1 saturated heterocycles. The van der Waals surface area contributed by atoms with Crippen LogP contribution in [0.2, 0.25) is 5.31 Å². The highest BCUT2D eigenvalue weighted by Crippen LogP contribution is 2.45. The Bertz CT molecular complexity index is 301. The Hall–Kier alpha value is -0.665. The van der Waals surface area contributed by atoms with Crippen LogP contribution in [0.1, 0.15) is 32.6 Å². The van der Waals surface area contributed by atoms with Crippen LogP contribution in [0.15, 0.2) is 4.99 Å². The van der Waals surface area contributed by atoms with Gasteiger partial charge < -0.3 is 9.80 Å². The first-order valence-electron chi connectivity index (χ1n) is 6.41. The largest absolute Gasteiger partial charge is 0.341 e. The molecule has 1 heterocycles. The van der Waals surface area contributed by atoms with E-state index in [0.29, 0.717) is 17.4 Å². The summed E-state index contributed by atoms with van der Waals surface area (Å²) in [7, 11) is 8.72. The SMILES string of the molecule is BC1(C)CCCCC2C1N(C)/C(=N/C)N2C. The molecular weight excluding hydrogens is 197 g/mol. The minimum Gasteiger partial charge on any atom is -0.341 e. The highest BCUT2D eigenvalue weighted by atomic mass is 15.5. The number of nitrogens with zero attached hydrogens (tertiary/aromatic N) is 3. The molecular formula is C12H24BN3. The smallest absolute Gasteiger partial charge is 0.196 e. The van der Waals surface area contributed by atoms with E-state index in [1.807, 2.05) is 7.05 Å². The summed E-state index contributed by atoms with van der Waals surface area (Å²) in [6, 6.07) is 1.28. The first-order valence-corrected chi connectivity index (χ1v) is 6.41. The van der Waals surface area contributed by atoms with Gasteiger partial charge in [-0.15, -0.1) is 0 Å². The zero-order valence-corrected chi connectivity index (χ0v) is 11.3. The molecule has 1 saturated carbocycles. The van der Waals surface area contributed by atoms with Crippen LogP contribution in [0.5, 0.6) is 0 Å². The van der Waals surface area contributed by atoms with Crippen molar-refractivity contribution in [1.82, 2.24) is 9.80 Å². The molecule has 0 bridgehead atoms. The topological polar surface area (TPSA) is 18.8 Å². The lowest BCUT2D eigenvalue weighted by molar-refractivity contribution is 0.247. The molecule has 2 fully saturated rings. The van der Waals surface area contributed by atoms with Crippen molar-refractivity contribution in [1.29, 1.82) is 0 Å². The highest BCUT2D eigenvalue weighted by molar-refractivity contribution is 6.16. The number of fused-ring (bicyclic) bond motifs is 1. The summed E-state index contributed by atoms with van der Waals surface area (Å²) in [5.74, 6) is 1.16. The van der Waals surface area contributed by atoms with Gasteiger partial charge in [0.2, 0.25) is 0 Å². The van der Waals surface area contributed by atoms with Crippen LogP contribution in [0, 0.1) is 0 Å². The summed E-state index contributed by atoms with van der Waals surface area (Å²) in [5, 5.41) is 0.399. The van der Waals surface area contributed by atoms with Crippen molar-refractivity contribution in [3.8, 4) is 0 Å². The second kappa shape index (κ2) is 3.97. The summed E-state index contributed by atoms with van der Waals surface area (Å²) in [6.45, 7) is 2.42. The van der Waals surface area contributed by atoms with Crippen molar-refractivity contribution < 1.29 is 0 Å². The van der Waals surface area contributed by atoms with E-state index in [0.717, 1.165) is 5.96 Å². The van der Waals surface area contributed by atoms with E-state index in [2.05, 4.69) is 43.7 Å². The first kappa shape index (κ1) is 11.8. The lowest BCUT2D eigenvalue weighted by Crippen LogP contribution is -2.43. The average molecular weight is 221 g/mol. The van der Waals surface area contributed by atoms with Crippen molar-refractivity contribution in [2.45, 2.75) is 50.0 Å². The lowest BCUT2D eigenvalue weighted by Gasteiger charge is -2.37. The maximum atomic E-state index is 4.44. The molecule has 4 heteroatoms. The summed E-state index contributed by atoms with van der Waals surface area (Å²) >= 11 is 0. The number of guanidine groups is 1. The second-order valence-corrected chi connectivity index (χ2v) is 5.99.